The standard InChI is InChI=1S/C7H16N2O6S2/c1-3-17(13,14)9-5-7(10)15-6(9)4-8-16(2,11)12/h6-8,10H,3-5H2,1-2H3. The molecule has 1 fully saturated rings. The van der Waals surface area contributed by atoms with Gasteiger partial charge in [0.2, 0.25) is 20.0 Å². The molecule has 2 atom stereocenters. The Hall–Kier alpha value is -0.260. The number of sulfonamides is 2. The van der Waals surface area contributed by atoms with Gasteiger partial charge in [-0.3, -0.25) is 0 Å². The van der Waals surface area contributed by atoms with Gasteiger partial charge in [0.1, 0.15) is 6.23 Å². The van der Waals surface area contributed by atoms with E-state index in [-0.39, 0.29) is 18.8 Å². The summed E-state index contributed by atoms with van der Waals surface area (Å²) in [5, 5.41) is 9.25. The van der Waals surface area contributed by atoms with Crippen LogP contribution in [0.2, 0.25) is 0 Å². The Labute approximate surface area is 101 Å². The number of ether oxygens (including phenoxy) is 1. The monoisotopic (exact) mass is 288 g/mol. The van der Waals surface area contributed by atoms with E-state index in [0.29, 0.717) is 0 Å². The van der Waals surface area contributed by atoms with Gasteiger partial charge < -0.3 is 9.84 Å². The third-order valence-electron chi connectivity index (χ3n) is 2.21. The SMILES string of the molecule is CCS(=O)(=O)N1CC(O)OC1CNS(C)(=O)=O. The van der Waals surface area contributed by atoms with E-state index in [1.165, 1.54) is 6.92 Å². The van der Waals surface area contributed by atoms with E-state index in [0.717, 1.165) is 10.6 Å². The van der Waals surface area contributed by atoms with Crippen molar-refractivity contribution in [3.05, 3.63) is 0 Å². The van der Waals surface area contributed by atoms with Gasteiger partial charge in [-0.1, -0.05) is 0 Å². The highest BCUT2D eigenvalue weighted by atomic mass is 32.2. The zero-order valence-electron chi connectivity index (χ0n) is 9.53. The number of β-amino-alcohol motifs (C(OH)–C–C–N with tert-alkyl or cyclic N) is 1. The van der Waals surface area contributed by atoms with Gasteiger partial charge in [0.25, 0.3) is 0 Å². The first-order valence-corrected chi connectivity index (χ1v) is 8.43. The Bertz CT molecular complexity index is 459. The molecule has 1 heterocycles. The summed E-state index contributed by atoms with van der Waals surface area (Å²) in [4.78, 5) is 0. The average Bonchev–Trinajstić information content (AvgIpc) is 2.56. The second kappa shape index (κ2) is 5.16. The van der Waals surface area contributed by atoms with Crippen LogP contribution >= 0.6 is 0 Å². The minimum Gasteiger partial charge on any atom is -0.367 e. The molecular formula is C7H16N2O6S2. The molecule has 0 spiro atoms. The number of nitrogens with one attached hydrogen (secondary N) is 1. The smallest absolute Gasteiger partial charge is 0.216 e. The summed E-state index contributed by atoms with van der Waals surface area (Å²) in [6.07, 6.45) is -1.29. The molecule has 8 nitrogen and oxygen atoms in total. The van der Waals surface area contributed by atoms with Crippen LogP contribution in [0, 0.1) is 0 Å². The third-order valence-corrected chi connectivity index (χ3v) is 4.73. The van der Waals surface area contributed by atoms with Crippen LogP contribution in [0.3, 0.4) is 0 Å². The van der Waals surface area contributed by atoms with Gasteiger partial charge in [0.05, 0.1) is 25.1 Å². The number of aliphatic hydroxyl groups excluding tert-OH is 1. The lowest BCUT2D eigenvalue weighted by molar-refractivity contribution is -0.0881. The highest BCUT2D eigenvalue weighted by molar-refractivity contribution is 7.89. The van der Waals surface area contributed by atoms with Crippen LogP contribution in [0.4, 0.5) is 0 Å². The van der Waals surface area contributed by atoms with Crippen molar-refractivity contribution in [2.24, 2.45) is 0 Å². The van der Waals surface area contributed by atoms with Crippen molar-refractivity contribution in [1.82, 2.24) is 9.03 Å². The maximum Gasteiger partial charge on any atom is 0.216 e. The summed E-state index contributed by atoms with van der Waals surface area (Å²) in [6.45, 7) is 1.04. The summed E-state index contributed by atoms with van der Waals surface area (Å²) < 4.78 is 53.1. The molecule has 1 saturated heterocycles. The van der Waals surface area contributed by atoms with E-state index >= 15 is 0 Å². The van der Waals surface area contributed by atoms with E-state index in [1.807, 2.05) is 0 Å². The molecular weight excluding hydrogens is 272 g/mol. The van der Waals surface area contributed by atoms with Gasteiger partial charge in [0.15, 0.2) is 6.29 Å². The van der Waals surface area contributed by atoms with Gasteiger partial charge in [-0.2, -0.15) is 4.31 Å². The van der Waals surface area contributed by atoms with Crippen molar-refractivity contribution in [1.29, 1.82) is 0 Å². The number of rotatable bonds is 5. The largest absolute Gasteiger partial charge is 0.367 e. The summed E-state index contributed by atoms with van der Waals surface area (Å²) in [5.74, 6) is -0.140. The molecule has 0 saturated carbocycles. The number of hydrogen-bond acceptors (Lipinski definition) is 6. The van der Waals surface area contributed by atoms with Crippen molar-refractivity contribution in [2.45, 2.75) is 19.4 Å². The van der Waals surface area contributed by atoms with Crippen LogP contribution in [0.5, 0.6) is 0 Å². The fraction of sp³-hybridized carbons (Fsp3) is 1.00. The highest BCUT2D eigenvalue weighted by Gasteiger charge is 2.39. The molecule has 2 unspecified atom stereocenters. The summed E-state index contributed by atoms with van der Waals surface area (Å²) in [5.41, 5.74) is 0. The number of nitrogens with zero attached hydrogens (tertiary/aromatic N) is 1. The Morgan fingerprint density at radius 2 is 2.00 bits per heavy atom. The minimum absolute atomic E-state index is 0.140. The number of hydrogen-bond donors (Lipinski definition) is 2. The molecule has 2 N–H and O–H groups in total. The predicted octanol–water partition coefficient (Wildman–Crippen LogP) is -2.14. The Balaban J connectivity index is 2.76. The minimum atomic E-state index is -3.53. The van der Waals surface area contributed by atoms with Crippen molar-refractivity contribution in [3.63, 3.8) is 0 Å². The van der Waals surface area contributed by atoms with Crippen molar-refractivity contribution < 1.29 is 26.7 Å². The fourth-order valence-corrected chi connectivity index (χ4v) is 3.01. The molecule has 0 aromatic rings. The first kappa shape index (κ1) is 14.8. The van der Waals surface area contributed by atoms with Crippen LogP contribution in [-0.4, -0.2) is 63.9 Å². The Morgan fingerprint density at radius 3 is 2.47 bits per heavy atom. The Morgan fingerprint density at radius 1 is 1.41 bits per heavy atom. The van der Waals surface area contributed by atoms with Crippen LogP contribution in [0.1, 0.15) is 6.92 Å². The summed E-state index contributed by atoms with van der Waals surface area (Å²) >= 11 is 0. The summed E-state index contributed by atoms with van der Waals surface area (Å²) in [7, 11) is -6.97. The molecule has 1 rings (SSSR count). The molecule has 0 radical (unpaired) electrons. The van der Waals surface area contributed by atoms with E-state index in [4.69, 9.17) is 4.74 Å². The van der Waals surface area contributed by atoms with Gasteiger partial charge >= 0.3 is 0 Å². The molecule has 10 heteroatoms. The normalized spacial score (nSPS) is 27.5. The van der Waals surface area contributed by atoms with Crippen molar-refractivity contribution in [2.75, 3.05) is 25.1 Å². The molecule has 102 valence electrons. The lowest BCUT2D eigenvalue weighted by Crippen LogP contribution is -2.44. The first-order chi connectivity index (χ1) is 7.65. The van der Waals surface area contributed by atoms with Gasteiger partial charge in [0, 0.05) is 0 Å². The zero-order valence-corrected chi connectivity index (χ0v) is 11.2. The van der Waals surface area contributed by atoms with E-state index in [2.05, 4.69) is 4.72 Å². The van der Waals surface area contributed by atoms with Gasteiger partial charge in [-0.15, -0.1) is 0 Å². The predicted molar refractivity (Wildman–Crippen MR) is 59.9 cm³/mol. The second-order valence-corrected chi connectivity index (χ2v) is 7.68. The molecule has 1 aliphatic rings. The zero-order chi connectivity index (χ0) is 13.3. The maximum atomic E-state index is 11.6. The van der Waals surface area contributed by atoms with E-state index in [9.17, 15) is 21.9 Å². The Kier molecular flexibility index (Phi) is 4.49. The average molecular weight is 288 g/mol. The molecule has 0 amide bonds. The topological polar surface area (TPSA) is 113 Å². The van der Waals surface area contributed by atoms with E-state index in [1.54, 1.807) is 0 Å². The molecule has 1 aliphatic heterocycles. The van der Waals surface area contributed by atoms with Crippen molar-refractivity contribution >= 4 is 20.0 Å². The highest BCUT2D eigenvalue weighted by Crippen LogP contribution is 2.18. The van der Waals surface area contributed by atoms with Crippen LogP contribution < -0.4 is 4.72 Å². The fourth-order valence-electron chi connectivity index (χ4n) is 1.39. The molecule has 0 aromatic heterocycles. The second-order valence-electron chi connectivity index (χ2n) is 3.64. The molecule has 17 heavy (non-hydrogen) atoms. The molecule has 0 aliphatic carbocycles. The van der Waals surface area contributed by atoms with E-state index < -0.39 is 32.6 Å². The lowest BCUT2D eigenvalue weighted by atomic mass is 10.6. The maximum absolute atomic E-state index is 11.6. The van der Waals surface area contributed by atoms with Crippen LogP contribution in [0.25, 0.3) is 0 Å². The quantitative estimate of drug-likeness (QED) is 0.597. The molecule has 0 aromatic carbocycles. The lowest BCUT2D eigenvalue weighted by Gasteiger charge is -2.21. The molecule has 0 bridgehead atoms. The van der Waals surface area contributed by atoms with Gasteiger partial charge in [-0.25, -0.2) is 21.6 Å². The van der Waals surface area contributed by atoms with Crippen LogP contribution in [0.15, 0.2) is 0 Å². The van der Waals surface area contributed by atoms with Crippen molar-refractivity contribution in [3.8, 4) is 0 Å². The summed E-state index contributed by atoms with van der Waals surface area (Å²) in [6, 6.07) is 0. The first-order valence-electron chi connectivity index (χ1n) is 4.93. The third kappa shape index (κ3) is 4.16. The van der Waals surface area contributed by atoms with Crippen LogP contribution in [-0.2, 0) is 24.8 Å². The van der Waals surface area contributed by atoms with Gasteiger partial charge in [-0.05, 0) is 6.92 Å². The number of aliphatic hydroxyl groups is 1.